The smallest absolute Gasteiger partial charge is 0.360 e. The molecule has 0 bridgehead atoms. The number of rotatable bonds is 3. The van der Waals surface area contributed by atoms with Crippen LogP contribution in [-0.2, 0) is 15.2 Å². The maximum Gasteiger partial charge on any atom is 0.446 e. The molecule has 0 radical (unpaired) electrons. The zero-order chi connectivity index (χ0) is 12.3. The van der Waals surface area contributed by atoms with Crippen molar-refractivity contribution in [2.45, 2.75) is 13.8 Å². The highest BCUT2D eigenvalue weighted by Gasteiger charge is 2.12. The Hall–Kier alpha value is -1.60. The van der Waals surface area contributed by atoms with Crippen molar-refractivity contribution >= 4 is 22.0 Å². The standard InChI is InChI=1S/C9H11NO5S/c1-6-3-4-8(10-7(2)11)9(5-6)15-16(12,13)14/h3-5H,1-2H3,(H,10,11)(H,12,13,14). The third-order valence-electron chi connectivity index (χ3n) is 1.64. The van der Waals surface area contributed by atoms with E-state index in [2.05, 4.69) is 9.50 Å². The minimum atomic E-state index is -4.60. The number of amides is 1. The van der Waals surface area contributed by atoms with Gasteiger partial charge in [0.25, 0.3) is 0 Å². The molecule has 0 aliphatic carbocycles. The molecular weight excluding hydrogens is 234 g/mol. The van der Waals surface area contributed by atoms with Crippen molar-refractivity contribution in [2.24, 2.45) is 0 Å². The molecule has 0 heterocycles. The van der Waals surface area contributed by atoms with Gasteiger partial charge in [-0.25, -0.2) is 0 Å². The second-order valence-corrected chi connectivity index (χ2v) is 4.21. The molecule has 16 heavy (non-hydrogen) atoms. The maximum absolute atomic E-state index is 10.8. The van der Waals surface area contributed by atoms with E-state index < -0.39 is 10.4 Å². The summed E-state index contributed by atoms with van der Waals surface area (Å²) in [7, 11) is -4.60. The molecule has 1 aromatic rings. The first-order valence-electron chi connectivity index (χ1n) is 4.33. The topological polar surface area (TPSA) is 92.7 Å². The zero-order valence-corrected chi connectivity index (χ0v) is 9.54. The molecule has 1 aromatic carbocycles. The Morgan fingerprint density at radius 3 is 2.56 bits per heavy atom. The van der Waals surface area contributed by atoms with Crippen LogP contribution in [0.25, 0.3) is 0 Å². The molecule has 0 aliphatic heterocycles. The van der Waals surface area contributed by atoms with E-state index in [1.54, 1.807) is 13.0 Å². The Balaban J connectivity index is 3.13. The molecule has 7 heteroatoms. The Kier molecular flexibility index (Phi) is 3.51. The first kappa shape index (κ1) is 12.5. The number of carbonyl (C=O) groups is 1. The van der Waals surface area contributed by atoms with Gasteiger partial charge in [0.1, 0.15) is 0 Å². The number of hydrogen-bond acceptors (Lipinski definition) is 4. The van der Waals surface area contributed by atoms with Gasteiger partial charge in [-0.05, 0) is 24.6 Å². The molecule has 0 saturated heterocycles. The van der Waals surface area contributed by atoms with Crippen molar-refractivity contribution in [3.63, 3.8) is 0 Å². The molecule has 0 saturated carbocycles. The fourth-order valence-electron chi connectivity index (χ4n) is 1.10. The first-order valence-corrected chi connectivity index (χ1v) is 5.69. The van der Waals surface area contributed by atoms with Crippen LogP contribution in [0.15, 0.2) is 18.2 Å². The summed E-state index contributed by atoms with van der Waals surface area (Å²) in [6.07, 6.45) is 0. The van der Waals surface area contributed by atoms with Crippen molar-refractivity contribution in [1.29, 1.82) is 0 Å². The lowest BCUT2D eigenvalue weighted by molar-refractivity contribution is -0.114. The van der Waals surface area contributed by atoms with E-state index in [0.717, 1.165) is 5.56 Å². The summed E-state index contributed by atoms with van der Waals surface area (Å²) in [6.45, 7) is 2.99. The average molecular weight is 245 g/mol. The van der Waals surface area contributed by atoms with E-state index >= 15 is 0 Å². The lowest BCUT2D eigenvalue weighted by Crippen LogP contribution is -2.11. The number of hydrogen-bond donors (Lipinski definition) is 2. The first-order chi connectivity index (χ1) is 7.28. The normalized spacial score (nSPS) is 10.9. The second-order valence-electron chi connectivity index (χ2n) is 3.19. The lowest BCUT2D eigenvalue weighted by Gasteiger charge is -2.09. The fourth-order valence-corrected chi connectivity index (χ4v) is 1.47. The molecule has 0 fully saturated rings. The van der Waals surface area contributed by atoms with Gasteiger partial charge in [0.2, 0.25) is 5.91 Å². The molecule has 0 spiro atoms. The van der Waals surface area contributed by atoms with Gasteiger partial charge in [0, 0.05) is 6.92 Å². The average Bonchev–Trinajstić information content (AvgIpc) is 2.06. The van der Waals surface area contributed by atoms with Crippen LogP contribution in [0.4, 0.5) is 5.69 Å². The minimum absolute atomic E-state index is 0.127. The number of aryl methyl sites for hydroxylation is 1. The predicted octanol–water partition coefficient (Wildman–Crippen LogP) is 1.14. The van der Waals surface area contributed by atoms with E-state index in [9.17, 15) is 13.2 Å². The van der Waals surface area contributed by atoms with E-state index in [-0.39, 0.29) is 17.3 Å². The Morgan fingerprint density at radius 2 is 2.06 bits per heavy atom. The number of nitrogens with one attached hydrogen (secondary N) is 1. The molecule has 6 nitrogen and oxygen atoms in total. The van der Waals surface area contributed by atoms with Crippen LogP contribution in [0.2, 0.25) is 0 Å². The highest BCUT2D eigenvalue weighted by molar-refractivity contribution is 7.81. The lowest BCUT2D eigenvalue weighted by atomic mass is 10.2. The van der Waals surface area contributed by atoms with Gasteiger partial charge >= 0.3 is 10.4 Å². The van der Waals surface area contributed by atoms with Crippen molar-refractivity contribution in [3.05, 3.63) is 23.8 Å². The Labute approximate surface area is 93.2 Å². The summed E-state index contributed by atoms with van der Waals surface area (Å²) in [4.78, 5) is 10.8. The van der Waals surface area contributed by atoms with Gasteiger partial charge in [0.15, 0.2) is 5.75 Å². The van der Waals surface area contributed by atoms with E-state index in [1.807, 2.05) is 0 Å². The van der Waals surface area contributed by atoms with Gasteiger partial charge < -0.3 is 9.50 Å². The van der Waals surface area contributed by atoms with Gasteiger partial charge in [-0.1, -0.05) is 6.07 Å². The van der Waals surface area contributed by atoms with Crippen LogP contribution in [0.5, 0.6) is 5.75 Å². The Morgan fingerprint density at radius 1 is 1.44 bits per heavy atom. The second kappa shape index (κ2) is 4.50. The van der Waals surface area contributed by atoms with Crippen LogP contribution in [0.3, 0.4) is 0 Å². The third kappa shape index (κ3) is 3.87. The fraction of sp³-hybridized carbons (Fsp3) is 0.222. The van der Waals surface area contributed by atoms with Gasteiger partial charge in [-0.3, -0.25) is 9.35 Å². The highest BCUT2D eigenvalue weighted by atomic mass is 32.3. The van der Waals surface area contributed by atoms with Crippen molar-refractivity contribution < 1.29 is 21.9 Å². The third-order valence-corrected chi connectivity index (χ3v) is 2.03. The van der Waals surface area contributed by atoms with Crippen LogP contribution in [-0.4, -0.2) is 18.9 Å². The molecule has 0 atom stereocenters. The minimum Gasteiger partial charge on any atom is -0.360 e. The number of anilines is 1. The van der Waals surface area contributed by atoms with Crippen molar-refractivity contribution in [1.82, 2.24) is 0 Å². The monoisotopic (exact) mass is 245 g/mol. The molecule has 0 aromatic heterocycles. The van der Waals surface area contributed by atoms with Crippen molar-refractivity contribution in [2.75, 3.05) is 5.32 Å². The summed E-state index contributed by atoms with van der Waals surface area (Å²) in [5.41, 5.74) is 0.906. The van der Waals surface area contributed by atoms with Gasteiger partial charge in [-0.2, -0.15) is 8.42 Å². The van der Waals surface area contributed by atoms with Crippen LogP contribution in [0, 0.1) is 6.92 Å². The SMILES string of the molecule is CC(=O)Nc1ccc(C)cc1OS(=O)(=O)O. The van der Waals surface area contributed by atoms with Gasteiger partial charge in [0.05, 0.1) is 5.69 Å². The molecule has 1 amide bonds. The molecule has 0 aliphatic rings. The summed E-state index contributed by atoms with van der Waals surface area (Å²) in [5.74, 6) is -0.498. The summed E-state index contributed by atoms with van der Waals surface area (Å²) < 4.78 is 34.0. The predicted molar refractivity (Wildman–Crippen MR) is 57.7 cm³/mol. The zero-order valence-electron chi connectivity index (χ0n) is 8.72. The molecule has 88 valence electrons. The summed E-state index contributed by atoms with van der Waals surface area (Å²) >= 11 is 0. The maximum atomic E-state index is 10.8. The van der Waals surface area contributed by atoms with E-state index in [0.29, 0.717) is 0 Å². The van der Waals surface area contributed by atoms with Crippen LogP contribution >= 0.6 is 0 Å². The summed E-state index contributed by atoms with van der Waals surface area (Å²) in [6, 6.07) is 4.54. The molecule has 1 rings (SSSR count). The van der Waals surface area contributed by atoms with E-state index in [4.69, 9.17) is 4.55 Å². The quantitative estimate of drug-likeness (QED) is 0.779. The van der Waals surface area contributed by atoms with Crippen LogP contribution < -0.4 is 9.50 Å². The van der Waals surface area contributed by atoms with Gasteiger partial charge in [-0.15, -0.1) is 0 Å². The van der Waals surface area contributed by atoms with Crippen molar-refractivity contribution in [3.8, 4) is 5.75 Å². The molecule has 2 N–H and O–H groups in total. The number of carbonyl (C=O) groups excluding carboxylic acids is 1. The Bertz CT molecular complexity index is 509. The largest absolute Gasteiger partial charge is 0.446 e. The summed E-state index contributed by atoms with van der Waals surface area (Å²) in [5, 5.41) is 2.38. The molecule has 0 unspecified atom stereocenters. The number of benzene rings is 1. The van der Waals surface area contributed by atoms with Crippen LogP contribution in [0.1, 0.15) is 12.5 Å². The molecular formula is C9H11NO5S. The highest BCUT2D eigenvalue weighted by Crippen LogP contribution is 2.26. The van der Waals surface area contributed by atoms with E-state index in [1.165, 1.54) is 19.1 Å².